The Morgan fingerprint density at radius 3 is 2.74 bits per heavy atom. The van der Waals surface area contributed by atoms with E-state index in [1.54, 1.807) is 0 Å². The number of hydrogen-bond donors (Lipinski definition) is 1. The molecule has 1 aromatic rings. The van der Waals surface area contributed by atoms with Crippen molar-refractivity contribution in [1.82, 2.24) is 5.32 Å². The zero-order valence-corrected chi connectivity index (χ0v) is 12.8. The Kier molecular flexibility index (Phi) is 4.87. The third-order valence-electron chi connectivity index (χ3n) is 4.14. The molecule has 1 N–H and O–H groups in total. The Hall–Kier alpha value is -1.02. The molecule has 1 aliphatic heterocycles. The highest BCUT2D eigenvalue weighted by atomic mass is 15.2. The van der Waals surface area contributed by atoms with E-state index in [9.17, 15) is 0 Å². The monoisotopic (exact) mass is 260 g/mol. The first-order valence-corrected chi connectivity index (χ1v) is 7.71. The average Bonchev–Trinajstić information content (AvgIpc) is 2.39. The summed E-state index contributed by atoms with van der Waals surface area (Å²) in [5.74, 6) is 0.676. The van der Waals surface area contributed by atoms with Crippen molar-refractivity contribution in [2.24, 2.45) is 5.92 Å². The molecule has 2 atom stereocenters. The summed E-state index contributed by atoms with van der Waals surface area (Å²) in [7, 11) is 0. The van der Waals surface area contributed by atoms with Gasteiger partial charge >= 0.3 is 0 Å². The standard InChI is InChI=1S/C17H28N2/c1-5-8-15-9-6-7-10-16(15)19-12-14(4)18-11-17(19)13(2)3/h6-7,9-10,13-14,17-18H,5,8,11-12H2,1-4H3. The van der Waals surface area contributed by atoms with Crippen molar-refractivity contribution in [1.29, 1.82) is 0 Å². The van der Waals surface area contributed by atoms with Crippen molar-refractivity contribution in [3.05, 3.63) is 29.8 Å². The van der Waals surface area contributed by atoms with Crippen molar-refractivity contribution >= 4 is 5.69 Å². The molecule has 0 bridgehead atoms. The second-order valence-electron chi connectivity index (χ2n) is 6.15. The van der Waals surface area contributed by atoms with E-state index in [1.165, 1.54) is 24.1 Å². The number of piperazine rings is 1. The van der Waals surface area contributed by atoms with Crippen molar-refractivity contribution in [2.75, 3.05) is 18.0 Å². The Morgan fingerprint density at radius 2 is 2.05 bits per heavy atom. The molecule has 0 radical (unpaired) electrons. The van der Waals surface area contributed by atoms with E-state index < -0.39 is 0 Å². The van der Waals surface area contributed by atoms with Gasteiger partial charge in [0.15, 0.2) is 0 Å². The molecule has 0 spiro atoms. The van der Waals surface area contributed by atoms with Crippen LogP contribution in [-0.2, 0) is 6.42 Å². The third kappa shape index (κ3) is 3.30. The van der Waals surface area contributed by atoms with E-state index in [0.29, 0.717) is 18.0 Å². The second-order valence-corrected chi connectivity index (χ2v) is 6.15. The van der Waals surface area contributed by atoms with Crippen molar-refractivity contribution in [2.45, 2.75) is 52.6 Å². The average molecular weight is 260 g/mol. The Balaban J connectivity index is 2.30. The maximum atomic E-state index is 3.62. The highest BCUT2D eigenvalue weighted by Gasteiger charge is 2.29. The summed E-state index contributed by atoms with van der Waals surface area (Å²) in [6.07, 6.45) is 2.39. The van der Waals surface area contributed by atoms with Crippen LogP contribution < -0.4 is 10.2 Å². The van der Waals surface area contributed by atoms with E-state index in [0.717, 1.165) is 13.1 Å². The van der Waals surface area contributed by atoms with Gasteiger partial charge in [0.25, 0.3) is 0 Å². The molecule has 1 heterocycles. The van der Waals surface area contributed by atoms with Gasteiger partial charge in [0.1, 0.15) is 0 Å². The summed E-state index contributed by atoms with van der Waals surface area (Å²) in [6.45, 7) is 11.4. The van der Waals surface area contributed by atoms with Gasteiger partial charge in [-0.2, -0.15) is 0 Å². The molecule has 0 amide bonds. The largest absolute Gasteiger partial charge is 0.365 e. The van der Waals surface area contributed by atoms with Gasteiger partial charge in [-0.25, -0.2) is 0 Å². The lowest BCUT2D eigenvalue weighted by Crippen LogP contribution is -2.57. The van der Waals surface area contributed by atoms with Crippen molar-refractivity contribution < 1.29 is 0 Å². The topological polar surface area (TPSA) is 15.3 Å². The number of nitrogens with zero attached hydrogens (tertiary/aromatic N) is 1. The van der Waals surface area contributed by atoms with Crippen LogP contribution in [0.25, 0.3) is 0 Å². The molecule has 2 unspecified atom stereocenters. The summed E-state index contributed by atoms with van der Waals surface area (Å²) < 4.78 is 0. The molecule has 0 aromatic heterocycles. The minimum atomic E-state index is 0.574. The number of nitrogens with one attached hydrogen (secondary N) is 1. The minimum absolute atomic E-state index is 0.574. The normalized spacial score (nSPS) is 23.9. The summed E-state index contributed by atoms with van der Waals surface area (Å²) in [5.41, 5.74) is 2.96. The fourth-order valence-electron chi connectivity index (χ4n) is 3.07. The van der Waals surface area contributed by atoms with E-state index in [1.807, 2.05) is 0 Å². The number of para-hydroxylation sites is 1. The zero-order valence-electron chi connectivity index (χ0n) is 12.8. The van der Waals surface area contributed by atoms with Gasteiger partial charge in [0.2, 0.25) is 0 Å². The maximum Gasteiger partial charge on any atom is 0.0438 e. The fraction of sp³-hybridized carbons (Fsp3) is 0.647. The molecular weight excluding hydrogens is 232 g/mol. The molecular formula is C17H28N2. The molecule has 19 heavy (non-hydrogen) atoms. The number of benzene rings is 1. The lowest BCUT2D eigenvalue weighted by molar-refractivity contribution is 0.348. The van der Waals surface area contributed by atoms with Gasteiger partial charge in [0.05, 0.1) is 0 Å². The van der Waals surface area contributed by atoms with Crippen molar-refractivity contribution in [3.8, 4) is 0 Å². The second kappa shape index (κ2) is 6.42. The van der Waals surface area contributed by atoms with E-state index in [-0.39, 0.29) is 0 Å². The van der Waals surface area contributed by atoms with Crippen LogP contribution >= 0.6 is 0 Å². The highest BCUT2D eigenvalue weighted by molar-refractivity contribution is 5.55. The van der Waals surface area contributed by atoms with Gasteiger partial charge in [0, 0.05) is 30.9 Å². The molecule has 0 saturated carbocycles. The fourth-order valence-corrected chi connectivity index (χ4v) is 3.07. The zero-order chi connectivity index (χ0) is 13.8. The van der Waals surface area contributed by atoms with E-state index >= 15 is 0 Å². The molecule has 1 aliphatic rings. The van der Waals surface area contributed by atoms with Crippen LogP contribution in [0.4, 0.5) is 5.69 Å². The molecule has 1 saturated heterocycles. The molecule has 1 fully saturated rings. The van der Waals surface area contributed by atoms with Gasteiger partial charge in [-0.15, -0.1) is 0 Å². The van der Waals surface area contributed by atoms with Gasteiger partial charge in [-0.05, 0) is 30.9 Å². The SMILES string of the molecule is CCCc1ccccc1N1CC(C)NCC1C(C)C. The van der Waals surface area contributed by atoms with Gasteiger partial charge < -0.3 is 10.2 Å². The van der Waals surface area contributed by atoms with E-state index in [2.05, 4.69) is 62.2 Å². The molecule has 106 valence electrons. The van der Waals surface area contributed by atoms with Crippen LogP contribution in [0.15, 0.2) is 24.3 Å². The van der Waals surface area contributed by atoms with E-state index in [4.69, 9.17) is 0 Å². The maximum absolute atomic E-state index is 3.62. The van der Waals surface area contributed by atoms with Crippen LogP contribution in [-0.4, -0.2) is 25.2 Å². The Bertz CT molecular complexity index is 400. The Labute approximate surface area is 118 Å². The molecule has 1 aromatic carbocycles. The first kappa shape index (κ1) is 14.4. The molecule has 0 aliphatic carbocycles. The summed E-state index contributed by atoms with van der Waals surface area (Å²) in [5, 5.41) is 3.62. The van der Waals surface area contributed by atoms with Gasteiger partial charge in [-0.1, -0.05) is 45.4 Å². The number of rotatable bonds is 4. The smallest absolute Gasteiger partial charge is 0.0438 e. The Morgan fingerprint density at radius 1 is 1.32 bits per heavy atom. The van der Waals surface area contributed by atoms with Gasteiger partial charge in [-0.3, -0.25) is 0 Å². The van der Waals surface area contributed by atoms with Crippen LogP contribution in [0.1, 0.15) is 39.7 Å². The lowest BCUT2D eigenvalue weighted by atomic mass is 9.96. The first-order chi connectivity index (χ1) is 9.13. The predicted molar refractivity (Wildman–Crippen MR) is 83.9 cm³/mol. The third-order valence-corrected chi connectivity index (χ3v) is 4.14. The quantitative estimate of drug-likeness (QED) is 0.892. The lowest BCUT2D eigenvalue weighted by Gasteiger charge is -2.44. The van der Waals surface area contributed by atoms with Crippen LogP contribution in [0.5, 0.6) is 0 Å². The summed E-state index contributed by atoms with van der Waals surface area (Å²) in [6, 6.07) is 10.1. The number of aryl methyl sites for hydroxylation is 1. The predicted octanol–water partition coefficient (Wildman–Crippen LogP) is 3.46. The number of hydrogen-bond acceptors (Lipinski definition) is 2. The molecule has 2 rings (SSSR count). The van der Waals surface area contributed by atoms with Crippen molar-refractivity contribution in [3.63, 3.8) is 0 Å². The minimum Gasteiger partial charge on any atom is -0.365 e. The number of anilines is 1. The molecule has 2 heteroatoms. The van der Waals surface area contributed by atoms with Crippen LogP contribution in [0, 0.1) is 5.92 Å². The highest BCUT2D eigenvalue weighted by Crippen LogP contribution is 2.28. The first-order valence-electron chi connectivity index (χ1n) is 7.71. The summed E-state index contributed by atoms with van der Waals surface area (Å²) >= 11 is 0. The summed E-state index contributed by atoms with van der Waals surface area (Å²) in [4.78, 5) is 2.64. The van der Waals surface area contributed by atoms with Crippen LogP contribution in [0.3, 0.4) is 0 Å². The van der Waals surface area contributed by atoms with Crippen LogP contribution in [0.2, 0.25) is 0 Å². The molecule has 2 nitrogen and oxygen atoms in total.